The third-order valence-corrected chi connectivity index (χ3v) is 7.88. The first-order valence-electron chi connectivity index (χ1n) is 13.1. The van der Waals surface area contributed by atoms with Crippen LogP contribution in [0.15, 0.2) is 67.9 Å². The minimum Gasteiger partial charge on any atom is -0.457 e. The zero-order chi connectivity index (χ0) is 27.4. The van der Waals surface area contributed by atoms with Gasteiger partial charge >= 0.3 is 0 Å². The van der Waals surface area contributed by atoms with Gasteiger partial charge in [0.15, 0.2) is 11.5 Å². The molecule has 1 aliphatic heterocycles. The van der Waals surface area contributed by atoms with Gasteiger partial charge in [-0.1, -0.05) is 6.58 Å². The Morgan fingerprint density at radius 1 is 1.15 bits per heavy atom. The van der Waals surface area contributed by atoms with E-state index in [9.17, 15) is 4.79 Å². The van der Waals surface area contributed by atoms with Gasteiger partial charge in [-0.05, 0) is 61.6 Å². The number of benzene rings is 1. The molecule has 200 valence electrons. The van der Waals surface area contributed by atoms with Crippen LogP contribution in [0.5, 0.6) is 11.5 Å². The number of anilines is 2. The molecule has 7 rings (SSSR count). The molecular weight excluding hydrogens is 511 g/mol. The van der Waals surface area contributed by atoms with Gasteiger partial charge < -0.3 is 15.0 Å². The predicted octanol–water partition coefficient (Wildman–Crippen LogP) is 4.94. The summed E-state index contributed by atoms with van der Waals surface area (Å²) in [5.41, 5.74) is 3.79. The van der Waals surface area contributed by atoms with E-state index in [1.165, 1.54) is 24.8 Å². The maximum atomic E-state index is 15.3. The van der Waals surface area contributed by atoms with Gasteiger partial charge in [-0.2, -0.15) is 5.10 Å². The number of fused-ring (bicyclic) bond motifs is 4. The second kappa shape index (κ2) is 9.37. The van der Waals surface area contributed by atoms with Gasteiger partial charge in [0, 0.05) is 42.5 Å². The van der Waals surface area contributed by atoms with Crippen LogP contribution in [0.2, 0.25) is 0 Å². The highest BCUT2D eigenvalue weighted by Gasteiger charge is 2.46. The maximum absolute atomic E-state index is 15.3. The van der Waals surface area contributed by atoms with Gasteiger partial charge in [-0.15, -0.1) is 0 Å². The summed E-state index contributed by atoms with van der Waals surface area (Å²) in [6, 6.07) is 10.6. The Morgan fingerprint density at radius 3 is 2.88 bits per heavy atom. The van der Waals surface area contributed by atoms with Gasteiger partial charge in [0.1, 0.15) is 35.5 Å². The van der Waals surface area contributed by atoms with Crippen molar-refractivity contribution in [2.45, 2.75) is 31.7 Å². The molecule has 0 unspecified atom stereocenters. The van der Waals surface area contributed by atoms with Crippen molar-refractivity contribution in [3.8, 4) is 11.5 Å². The quantitative estimate of drug-likeness (QED) is 0.304. The summed E-state index contributed by atoms with van der Waals surface area (Å²) >= 11 is 0. The summed E-state index contributed by atoms with van der Waals surface area (Å²) < 4.78 is 22.9. The molecule has 0 spiro atoms. The SMILES string of the molecule is C=CC(=O)N1C[C@@H]2C[C@H]1C[C@H]2c1ccc2ncnc(Nc3cc(C)c(Oc4ccn5ncnc5c4)cc3F)c2n1. The molecular formula is C29H25FN8O2. The minimum atomic E-state index is -0.493. The number of halogens is 1. The van der Waals surface area contributed by atoms with Crippen LogP contribution >= 0.6 is 0 Å². The number of nitrogens with one attached hydrogen (secondary N) is 1. The predicted molar refractivity (Wildman–Crippen MR) is 146 cm³/mol. The number of aromatic nitrogens is 6. The molecule has 10 nitrogen and oxygen atoms in total. The summed E-state index contributed by atoms with van der Waals surface area (Å²) in [4.78, 5) is 31.9. The average Bonchev–Trinajstić information content (AvgIpc) is 3.71. The first kappa shape index (κ1) is 24.1. The van der Waals surface area contributed by atoms with Crippen molar-refractivity contribution in [1.29, 1.82) is 0 Å². The molecule has 1 aliphatic carbocycles. The zero-order valence-electron chi connectivity index (χ0n) is 21.7. The number of piperidine rings is 1. The van der Waals surface area contributed by atoms with Crippen molar-refractivity contribution in [1.82, 2.24) is 34.4 Å². The second-order valence-corrected chi connectivity index (χ2v) is 10.3. The van der Waals surface area contributed by atoms with Gasteiger partial charge in [0.05, 0.1) is 11.2 Å². The number of likely N-dealkylation sites (tertiary alicyclic amines) is 1. The van der Waals surface area contributed by atoms with Crippen LogP contribution < -0.4 is 10.1 Å². The number of hydrogen-bond donors (Lipinski definition) is 1. The molecule has 1 saturated heterocycles. The summed E-state index contributed by atoms with van der Waals surface area (Å²) in [6.45, 7) is 6.18. The summed E-state index contributed by atoms with van der Waals surface area (Å²) in [7, 11) is 0. The summed E-state index contributed by atoms with van der Waals surface area (Å²) in [5.74, 6) is 1.42. The number of nitrogens with zero attached hydrogens (tertiary/aromatic N) is 7. The van der Waals surface area contributed by atoms with E-state index in [2.05, 4.69) is 31.9 Å². The van der Waals surface area contributed by atoms with Crippen molar-refractivity contribution in [2.75, 3.05) is 11.9 Å². The summed E-state index contributed by atoms with van der Waals surface area (Å²) in [5, 5.41) is 7.19. The van der Waals surface area contributed by atoms with Gasteiger partial charge in [0.2, 0.25) is 5.91 Å². The molecule has 1 N–H and O–H groups in total. The monoisotopic (exact) mass is 536 g/mol. The maximum Gasteiger partial charge on any atom is 0.246 e. The fourth-order valence-corrected chi connectivity index (χ4v) is 5.94. The zero-order valence-corrected chi connectivity index (χ0v) is 21.7. The molecule has 2 bridgehead atoms. The topological polar surface area (TPSA) is 110 Å². The molecule has 1 aromatic carbocycles. The molecule has 11 heteroatoms. The smallest absolute Gasteiger partial charge is 0.246 e. The summed E-state index contributed by atoms with van der Waals surface area (Å²) in [6.07, 6.45) is 7.83. The molecule has 5 aromatic rings. The number of carbonyl (C=O) groups excluding carboxylic acids is 1. The van der Waals surface area contributed by atoms with Crippen LogP contribution in [0.4, 0.5) is 15.9 Å². The Morgan fingerprint density at radius 2 is 2.05 bits per heavy atom. The number of hydrogen-bond acceptors (Lipinski definition) is 8. The van der Waals surface area contributed by atoms with E-state index < -0.39 is 5.82 Å². The van der Waals surface area contributed by atoms with E-state index in [-0.39, 0.29) is 23.6 Å². The molecule has 40 heavy (non-hydrogen) atoms. The highest BCUT2D eigenvalue weighted by molar-refractivity contribution is 5.88. The van der Waals surface area contributed by atoms with E-state index in [1.807, 2.05) is 24.0 Å². The van der Waals surface area contributed by atoms with E-state index in [0.29, 0.717) is 46.5 Å². The molecule has 3 atom stereocenters. The van der Waals surface area contributed by atoms with Crippen LogP contribution in [0, 0.1) is 18.7 Å². The van der Waals surface area contributed by atoms with Crippen molar-refractivity contribution in [3.63, 3.8) is 0 Å². The highest BCUT2D eigenvalue weighted by Crippen LogP contribution is 2.47. The lowest BCUT2D eigenvalue weighted by Gasteiger charge is -2.30. The first-order valence-corrected chi connectivity index (χ1v) is 13.1. The number of ether oxygens (including phenoxy) is 1. The highest BCUT2D eigenvalue weighted by atomic mass is 19.1. The average molecular weight is 537 g/mol. The van der Waals surface area contributed by atoms with E-state index in [0.717, 1.165) is 24.1 Å². The number of rotatable bonds is 6. The molecule has 2 aliphatic rings. The molecule has 0 radical (unpaired) electrons. The van der Waals surface area contributed by atoms with Gasteiger partial charge in [-0.3, -0.25) is 4.79 Å². The lowest BCUT2D eigenvalue weighted by Crippen LogP contribution is -2.38. The Kier molecular flexibility index (Phi) is 5.65. The molecule has 5 heterocycles. The van der Waals surface area contributed by atoms with Crippen LogP contribution in [0.1, 0.15) is 30.0 Å². The van der Waals surface area contributed by atoms with Crippen LogP contribution in [0.25, 0.3) is 16.7 Å². The van der Waals surface area contributed by atoms with Crippen molar-refractivity contribution >= 4 is 34.1 Å². The third-order valence-electron chi connectivity index (χ3n) is 7.88. The number of carbonyl (C=O) groups is 1. The molecule has 2 fully saturated rings. The lowest BCUT2D eigenvalue weighted by molar-refractivity contribution is -0.127. The van der Waals surface area contributed by atoms with E-state index in [1.54, 1.807) is 28.9 Å². The fourth-order valence-electron chi connectivity index (χ4n) is 5.94. The molecule has 4 aromatic heterocycles. The first-order chi connectivity index (χ1) is 19.5. The Balaban J connectivity index is 1.15. The van der Waals surface area contributed by atoms with Crippen LogP contribution in [0.3, 0.4) is 0 Å². The van der Waals surface area contributed by atoms with Gasteiger partial charge in [-0.25, -0.2) is 28.8 Å². The van der Waals surface area contributed by atoms with Crippen LogP contribution in [-0.4, -0.2) is 52.9 Å². The standard InChI is InChI=1S/C29H25FN8O2/c1-3-27(39)37-13-17-9-18(37)10-20(17)22-4-5-23-28(35-22)29(33-14-31-23)36-24-8-16(2)25(12-21(24)30)40-19-6-7-38-26(11-19)32-15-34-38/h3-8,11-12,14-15,17-18,20H,1,9-10,13H2,2H3,(H,31,33,36)/t17-,18-,20+/m0/s1. The largest absolute Gasteiger partial charge is 0.457 e. The van der Waals surface area contributed by atoms with Crippen molar-refractivity contribution in [3.05, 3.63) is 85.0 Å². The molecule has 1 saturated carbocycles. The number of aryl methyl sites for hydroxylation is 1. The number of amides is 1. The minimum absolute atomic E-state index is 0.0116. The van der Waals surface area contributed by atoms with Crippen LogP contribution in [-0.2, 0) is 4.79 Å². The van der Waals surface area contributed by atoms with Crippen molar-refractivity contribution in [2.24, 2.45) is 5.92 Å². The third kappa shape index (κ3) is 4.10. The van der Waals surface area contributed by atoms with E-state index >= 15 is 4.39 Å². The van der Waals surface area contributed by atoms with E-state index in [4.69, 9.17) is 9.72 Å². The molecule has 1 amide bonds. The second-order valence-electron chi connectivity index (χ2n) is 10.3. The lowest BCUT2D eigenvalue weighted by atomic mass is 9.90. The Labute approximate surface area is 228 Å². The Hall–Kier alpha value is -4.93. The number of pyridine rings is 2. The van der Waals surface area contributed by atoms with Gasteiger partial charge in [0.25, 0.3) is 0 Å². The van der Waals surface area contributed by atoms with Crippen molar-refractivity contribution < 1.29 is 13.9 Å². The normalized spacial score (nSPS) is 19.9. The fraction of sp³-hybridized carbons (Fsp3) is 0.241. The Bertz CT molecular complexity index is 1800.